The highest BCUT2D eigenvalue weighted by Crippen LogP contribution is 2.14. The van der Waals surface area contributed by atoms with Crippen molar-refractivity contribution in [1.29, 1.82) is 0 Å². The predicted octanol–water partition coefficient (Wildman–Crippen LogP) is 1.65. The minimum atomic E-state index is -0.230. The number of aromatic nitrogens is 2. The summed E-state index contributed by atoms with van der Waals surface area (Å²) >= 11 is 0. The van der Waals surface area contributed by atoms with Gasteiger partial charge in [0.25, 0.3) is 11.8 Å². The molecule has 0 aliphatic carbocycles. The average molecular weight is 340 g/mol. The van der Waals surface area contributed by atoms with Gasteiger partial charge in [-0.05, 0) is 38.0 Å². The lowest BCUT2D eigenvalue weighted by Gasteiger charge is -2.32. The molecule has 0 aromatic carbocycles. The van der Waals surface area contributed by atoms with E-state index in [0.717, 1.165) is 0 Å². The van der Waals surface area contributed by atoms with Crippen molar-refractivity contribution in [3.05, 3.63) is 53.6 Å². The van der Waals surface area contributed by atoms with E-state index >= 15 is 0 Å². The molecule has 130 valence electrons. The van der Waals surface area contributed by atoms with E-state index in [4.69, 9.17) is 0 Å². The van der Waals surface area contributed by atoms with E-state index < -0.39 is 0 Å². The van der Waals surface area contributed by atoms with Crippen LogP contribution in [0.2, 0.25) is 0 Å². The van der Waals surface area contributed by atoms with Crippen LogP contribution in [0.3, 0.4) is 0 Å². The average Bonchev–Trinajstić information content (AvgIpc) is 3.13. The zero-order valence-corrected chi connectivity index (χ0v) is 14.0. The van der Waals surface area contributed by atoms with Crippen LogP contribution in [0, 0.1) is 0 Å². The molecule has 1 fully saturated rings. The summed E-state index contributed by atoms with van der Waals surface area (Å²) < 4.78 is 0. The number of likely N-dealkylation sites (tertiary alicyclic amines) is 1. The molecule has 2 aromatic heterocycles. The van der Waals surface area contributed by atoms with E-state index in [9.17, 15) is 14.4 Å². The number of ketones is 1. The summed E-state index contributed by atoms with van der Waals surface area (Å²) in [5.74, 6) is -0.327. The first-order chi connectivity index (χ1) is 12.0. The number of hydrogen-bond donors (Lipinski definition) is 2. The third-order valence-electron chi connectivity index (χ3n) is 4.38. The predicted molar refractivity (Wildman–Crippen MR) is 91.4 cm³/mol. The fourth-order valence-corrected chi connectivity index (χ4v) is 2.90. The maximum atomic E-state index is 12.4. The number of amides is 2. The minimum Gasteiger partial charge on any atom is -0.356 e. The van der Waals surface area contributed by atoms with Crippen LogP contribution in [0.25, 0.3) is 0 Å². The number of piperidine rings is 1. The monoisotopic (exact) mass is 340 g/mol. The fourth-order valence-electron chi connectivity index (χ4n) is 2.90. The number of hydrogen-bond acceptors (Lipinski definition) is 4. The van der Waals surface area contributed by atoms with E-state index in [1.807, 2.05) is 0 Å². The Hall–Kier alpha value is -2.96. The standard InChI is InChI=1S/C18H20N4O3/c1-12(23)14-10-16(20-11-14)17(24)21-15-4-8-22(9-5-15)18(25)13-2-6-19-7-3-13/h2-3,6-7,10-11,15,20H,4-5,8-9H2,1H3,(H,21,24). The molecule has 0 unspecified atom stereocenters. The summed E-state index contributed by atoms with van der Waals surface area (Å²) in [6.45, 7) is 2.64. The quantitative estimate of drug-likeness (QED) is 0.827. The zero-order chi connectivity index (χ0) is 17.8. The van der Waals surface area contributed by atoms with Crippen LogP contribution in [0.4, 0.5) is 0 Å². The van der Waals surface area contributed by atoms with Crippen LogP contribution in [-0.2, 0) is 0 Å². The van der Waals surface area contributed by atoms with Crippen LogP contribution in [-0.4, -0.2) is 51.6 Å². The second-order valence-electron chi connectivity index (χ2n) is 6.13. The molecular weight excluding hydrogens is 320 g/mol. The van der Waals surface area contributed by atoms with Gasteiger partial charge in [-0.25, -0.2) is 0 Å². The van der Waals surface area contributed by atoms with Crippen molar-refractivity contribution in [2.45, 2.75) is 25.8 Å². The van der Waals surface area contributed by atoms with E-state index in [1.54, 1.807) is 35.5 Å². The van der Waals surface area contributed by atoms with Gasteiger partial charge < -0.3 is 15.2 Å². The Kier molecular flexibility index (Phi) is 4.92. The lowest BCUT2D eigenvalue weighted by atomic mass is 10.0. The number of H-pyrrole nitrogens is 1. The maximum Gasteiger partial charge on any atom is 0.267 e. The Morgan fingerprint density at radius 3 is 2.44 bits per heavy atom. The Labute approximate surface area is 145 Å². The summed E-state index contributed by atoms with van der Waals surface area (Å²) in [4.78, 5) is 44.5. The molecule has 2 amide bonds. The number of rotatable bonds is 4. The van der Waals surface area contributed by atoms with E-state index in [0.29, 0.717) is 42.8 Å². The third-order valence-corrected chi connectivity index (χ3v) is 4.38. The lowest BCUT2D eigenvalue weighted by Crippen LogP contribution is -2.46. The first-order valence-electron chi connectivity index (χ1n) is 8.24. The van der Waals surface area contributed by atoms with Crippen molar-refractivity contribution < 1.29 is 14.4 Å². The summed E-state index contributed by atoms with van der Waals surface area (Å²) in [6, 6.07) is 4.97. The summed E-state index contributed by atoms with van der Waals surface area (Å²) in [5, 5.41) is 2.96. The molecule has 2 aromatic rings. The molecule has 7 heteroatoms. The van der Waals surface area contributed by atoms with Gasteiger partial charge in [-0.3, -0.25) is 19.4 Å². The molecule has 1 saturated heterocycles. The molecule has 1 aliphatic rings. The van der Waals surface area contributed by atoms with E-state index in [2.05, 4.69) is 15.3 Å². The summed E-state index contributed by atoms with van der Waals surface area (Å²) in [7, 11) is 0. The van der Waals surface area contributed by atoms with Crippen LogP contribution < -0.4 is 5.32 Å². The second-order valence-corrected chi connectivity index (χ2v) is 6.13. The Balaban J connectivity index is 1.53. The SMILES string of the molecule is CC(=O)c1c[nH]c(C(=O)NC2CCN(C(=O)c3ccncc3)CC2)c1. The Morgan fingerprint density at radius 1 is 1.16 bits per heavy atom. The van der Waals surface area contributed by atoms with Gasteiger partial charge in [-0.2, -0.15) is 0 Å². The summed E-state index contributed by atoms with van der Waals surface area (Å²) in [6.07, 6.45) is 6.14. The van der Waals surface area contributed by atoms with Crippen molar-refractivity contribution in [3.8, 4) is 0 Å². The molecule has 3 rings (SSSR count). The van der Waals surface area contributed by atoms with Gasteiger partial charge in [0.15, 0.2) is 5.78 Å². The lowest BCUT2D eigenvalue weighted by molar-refractivity contribution is 0.0697. The zero-order valence-electron chi connectivity index (χ0n) is 14.0. The van der Waals surface area contributed by atoms with E-state index in [-0.39, 0.29) is 23.6 Å². The van der Waals surface area contributed by atoms with Crippen LogP contribution >= 0.6 is 0 Å². The van der Waals surface area contributed by atoms with Crippen LogP contribution in [0.5, 0.6) is 0 Å². The molecule has 1 aliphatic heterocycles. The van der Waals surface area contributed by atoms with Gasteiger partial charge >= 0.3 is 0 Å². The van der Waals surface area contributed by atoms with Crippen molar-refractivity contribution >= 4 is 17.6 Å². The third kappa shape index (κ3) is 3.93. The fraction of sp³-hybridized carbons (Fsp3) is 0.333. The molecule has 7 nitrogen and oxygen atoms in total. The molecule has 0 saturated carbocycles. The van der Waals surface area contributed by atoms with Crippen molar-refractivity contribution in [2.24, 2.45) is 0 Å². The molecular formula is C18H20N4O3. The number of pyridine rings is 1. The van der Waals surface area contributed by atoms with Gasteiger partial charge in [-0.1, -0.05) is 0 Å². The van der Waals surface area contributed by atoms with Crippen molar-refractivity contribution in [1.82, 2.24) is 20.2 Å². The molecule has 0 atom stereocenters. The molecule has 2 N–H and O–H groups in total. The Morgan fingerprint density at radius 2 is 1.84 bits per heavy atom. The minimum absolute atomic E-state index is 0.0114. The number of nitrogens with one attached hydrogen (secondary N) is 2. The highest BCUT2D eigenvalue weighted by atomic mass is 16.2. The highest BCUT2D eigenvalue weighted by Gasteiger charge is 2.25. The van der Waals surface area contributed by atoms with Gasteiger partial charge in [0.1, 0.15) is 5.69 Å². The van der Waals surface area contributed by atoms with Crippen molar-refractivity contribution in [3.63, 3.8) is 0 Å². The molecule has 0 radical (unpaired) electrons. The second kappa shape index (κ2) is 7.29. The Bertz CT molecular complexity index is 777. The first-order valence-corrected chi connectivity index (χ1v) is 8.24. The number of Topliss-reactive ketones (excluding diaryl/α,β-unsaturated/α-hetero) is 1. The highest BCUT2D eigenvalue weighted by molar-refractivity contribution is 5.99. The normalized spacial score (nSPS) is 15.0. The van der Waals surface area contributed by atoms with Crippen LogP contribution in [0.1, 0.15) is 51.0 Å². The topological polar surface area (TPSA) is 95.2 Å². The number of aromatic amines is 1. The van der Waals surface area contributed by atoms with E-state index in [1.165, 1.54) is 13.1 Å². The summed E-state index contributed by atoms with van der Waals surface area (Å²) in [5.41, 5.74) is 1.49. The maximum absolute atomic E-state index is 12.4. The van der Waals surface area contributed by atoms with Gasteiger partial charge in [0.2, 0.25) is 0 Å². The molecule has 0 spiro atoms. The molecule has 0 bridgehead atoms. The largest absolute Gasteiger partial charge is 0.356 e. The molecule has 3 heterocycles. The number of nitrogens with zero attached hydrogens (tertiary/aromatic N) is 2. The first kappa shape index (κ1) is 16.9. The molecule has 25 heavy (non-hydrogen) atoms. The van der Waals surface area contributed by atoms with Crippen molar-refractivity contribution in [2.75, 3.05) is 13.1 Å². The smallest absolute Gasteiger partial charge is 0.267 e. The van der Waals surface area contributed by atoms with Gasteiger partial charge in [0, 0.05) is 48.8 Å². The van der Waals surface area contributed by atoms with Crippen LogP contribution in [0.15, 0.2) is 36.8 Å². The van der Waals surface area contributed by atoms with Gasteiger partial charge in [0.05, 0.1) is 0 Å². The number of carbonyl (C=O) groups excluding carboxylic acids is 3. The van der Waals surface area contributed by atoms with Gasteiger partial charge in [-0.15, -0.1) is 0 Å². The number of carbonyl (C=O) groups is 3.